The number of nitrogens with one attached hydrogen (secondary N) is 1. The van der Waals surface area contributed by atoms with Crippen LogP contribution in [0.5, 0.6) is 0 Å². The Kier molecular flexibility index (Phi) is 3.71. The lowest BCUT2D eigenvalue weighted by Gasteiger charge is -2.41. The van der Waals surface area contributed by atoms with Crippen LogP contribution in [0.3, 0.4) is 0 Å². The number of ether oxygens (including phenoxy) is 1. The number of hydrogen-bond donors (Lipinski definition) is 1. The summed E-state index contributed by atoms with van der Waals surface area (Å²) in [5.41, 5.74) is 0.286. The summed E-state index contributed by atoms with van der Waals surface area (Å²) in [7, 11) is 1.76. The van der Waals surface area contributed by atoms with Crippen molar-refractivity contribution in [3.63, 3.8) is 0 Å². The second-order valence-electron chi connectivity index (χ2n) is 4.72. The monoisotopic (exact) mass is 186 g/mol. The third-order valence-electron chi connectivity index (χ3n) is 2.57. The quantitative estimate of drug-likeness (QED) is 0.687. The molecule has 0 aromatic carbocycles. The van der Waals surface area contributed by atoms with Gasteiger partial charge in [-0.25, -0.2) is 0 Å². The fourth-order valence-electron chi connectivity index (χ4n) is 1.75. The molecule has 1 atom stereocenters. The number of piperazine rings is 1. The van der Waals surface area contributed by atoms with Gasteiger partial charge in [-0.3, -0.25) is 4.90 Å². The molecule has 1 aliphatic rings. The third-order valence-corrected chi connectivity index (χ3v) is 2.57. The Bertz CT molecular complexity index is 151. The van der Waals surface area contributed by atoms with Crippen LogP contribution in [0, 0.1) is 0 Å². The van der Waals surface area contributed by atoms with Crippen LogP contribution in [0.1, 0.15) is 20.8 Å². The summed E-state index contributed by atoms with van der Waals surface area (Å²) < 4.78 is 5.15. The molecule has 1 saturated heterocycles. The molecule has 0 aromatic heterocycles. The first-order valence-corrected chi connectivity index (χ1v) is 5.01. The molecule has 0 amide bonds. The molecule has 3 heteroatoms. The zero-order chi connectivity index (χ0) is 9.90. The maximum absolute atomic E-state index is 5.15. The largest absolute Gasteiger partial charge is 0.383 e. The normalized spacial score (nSPS) is 26.3. The Morgan fingerprint density at radius 1 is 1.46 bits per heavy atom. The number of hydrogen-bond acceptors (Lipinski definition) is 3. The summed E-state index contributed by atoms with van der Waals surface area (Å²) in [6.07, 6.45) is 0. The number of methoxy groups -OCH3 is 1. The second-order valence-corrected chi connectivity index (χ2v) is 4.72. The zero-order valence-corrected chi connectivity index (χ0v) is 9.26. The molecule has 1 heterocycles. The number of nitrogens with zero attached hydrogens (tertiary/aromatic N) is 1. The van der Waals surface area contributed by atoms with Crippen molar-refractivity contribution in [3.8, 4) is 0 Å². The van der Waals surface area contributed by atoms with Gasteiger partial charge >= 0.3 is 0 Å². The lowest BCUT2D eigenvalue weighted by atomic mass is 10.0. The van der Waals surface area contributed by atoms with E-state index in [1.165, 1.54) is 0 Å². The van der Waals surface area contributed by atoms with E-state index < -0.39 is 0 Å². The van der Waals surface area contributed by atoms with Gasteiger partial charge in [-0.05, 0) is 20.8 Å². The lowest BCUT2D eigenvalue weighted by Crippen LogP contribution is -2.57. The van der Waals surface area contributed by atoms with Gasteiger partial charge < -0.3 is 10.1 Å². The molecule has 0 aromatic rings. The summed E-state index contributed by atoms with van der Waals surface area (Å²) in [5.74, 6) is 0. The molecule has 0 radical (unpaired) electrons. The van der Waals surface area contributed by atoms with Crippen LogP contribution in [0.15, 0.2) is 0 Å². The standard InChI is InChI=1S/C10H22N2O/c1-10(2,3)12-6-5-11-9(7-12)8-13-4/h9,11H,5-8H2,1-4H3. The lowest BCUT2D eigenvalue weighted by molar-refractivity contribution is 0.0643. The van der Waals surface area contributed by atoms with Crippen molar-refractivity contribution in [3.05, 3.63) is 0 Å². The molecule has 78 valence electrons. The molecule has 0 spiro atoms. The highest BCUT2D eigenvalue weighted by Gasteiger charge is 2.27. The first kappa shape index (κ1) is 11.0. The van der Waals surface area contributed by atoms with Crippen LogP contribution in [-0.2, 0) is 4.74 Å². The highest BCUT2D eigenvalue weighted by molar-refractivity contribution is 4.85. The van der Waals surface area contributed by atoms with E-state index >= 15 is 0 Å². The predicted octanol–water partition coefficient (Wildman–Crippen LogP) is 0.705. The van der Waals surface area contributed by atoms with Gasteiger partial charge in [-0.15, -0.1) is 0 Å². The van der Waals surface area contributed by atoms with E-state index in [4.69, 9.17) is 4.74 Å². The molecule has 1 rings (SSSR count). The van der Waals surface area contributed by atoms with Crippen LogP contribution in [0.2, 0.25) is 0 Å². The van der Waals surface area contributed by atoms with Crippen molar-refractivity contribution in [1.29, 1.82) is 0 Å². The minimum Gasteiger partial charge on any atom is -0.383 e. The summed E-state index contributed by atoms with van der Waals surface area (Å²) in [6, 6.07) is 0.498. The van der Waals surface area contributed by atoms with Crippen molar-refractivity contribution in [2.75, 3.05) is 33.4 Å². The SMILES string of the molecule is COCC1CN(C(C)(C)C)CCN1. The maximum atomic E-state index is 5.15. The van der Waals surface area contributed by atoms with Crippen molar-refractivity contribution in [1.82, 2.24) is 10.2 Å². The van der Waals surface area contributed by atoms with Gasteiger partial charge in [0, 0.05) is 38.3 Å². The predicted molar refractivity (Wildman–Crippen MR) is 55.0 cm³/mol. The van der Waals surface area contributed by atoms with Gasteiger partial charge in [0.1, 0.15) is 0 Å². The summed E-state index contributed by atoms with van der Waals surface area (Å²) in [5, 5.41) is 3.46. The van der Waals surface area contributed by atoms with Crippen molar-refractivity contribution >= 4 is 0 Å². The third kappa shape index (κ3) is 3.25. The van der Waals surface area contributed by atoms with Crippen LogP contribution in [0.4, 0.5) is 0 Å². The maximum Gasteiger partial charge on any atom is 0.0628 e. The van der Waals surface area contributed by atoms with Crippen LogP contribution in [0.25, 0.3) is 0 Å². The Labute approximate surface area is 81.4 Å². The highest BCUT2D eigenvalue weighted by atomic mass is 16.5. The molecule has 0 saturated carbocycles. The molecular weight excluding hydrogens is 164 g/mol. The molecule has 1 aliphatic heterocycles. The van der Waals surface area contributed by atoms with Crippen LogP contribution in [-0.4, -0.2) is 49.8 Å². The molecule has 0 bridgehead atoms. The highest BCUT2D eigenvalue weighted by Crippen LogP contribution is 2.15. The number of rotatable bonds is 2. The zero-order valence-electron chi connectivity index (χ0n) is 9.26. The molecule has 1 N–H and O–H groups in total. The smallest absolute Gasteiger partial charge is 0.0628 e. The van der Waals surface area contributed by atoms with E-state index in [9.17, 15) is 0 Å². The fraction of sp³-hybridized carbons (Fsp3) is 1.00. The minimum absolute atomic E-state index is 0.286. The first-order chi connectivity index (χ1) is 6.04. The summed E-state index contributed by atoms with van der Waals surface area (Å²) in [6.45, 7) is 10.9. The minimum atomic E-state index is 0.286. The van der Waals surface area contributed by atoms with Gasteiger partial charge in [-0.1, -0.05) is 0 Å². The van der Waals surface area contributed by atoms with E-state index in [1.54, 1.807) is 7.11 Å². The Hall–Kier alpha value is -0.120. The van der Waals surface area contributed by atoms with Gasteiger partial charge in [0.05, 0.1) is 6.61 Å². The van der Waals surface area contributed by atoms with E-state index in [0.717, 1.165) is 26.2 Å². The first-order valence-electron chi connectivity index (χ1n) is 5.01. The van der Waals surface area contributed by atoms with E-state index in [0.29, 0.717) is 6.04 Å². The molecular formula is C10H22N2O. The van der Waals surface area contributed by atoms with Crippen molar-refractivity contribution in [2.45, 2.75) is 32.4 Å². The van der Waals surface area contributed by atoms with Gasteiger partial charge in [0.15, 0.2) is 0 Å². The Morgan fingerprint density at radius 3 is 2.69 bits per heavy atom. The molecule has 1 fully saturated rings. The molecule has 13 heavy (non-hydrogen) atoms. The van der Waals surface area contributed by atoms with E-state index in [1.807, 2.05) is 0 Å². The average Bonchev–Trinajstić information content (AvgIpc) is 2.04. The van der Waals surface area contributed by atoms with Gasteiger partial charge in [-0.2, -0.15) is 0 Å². The second kappa shape index (κ2) is 4.40. The van der Waals surface area contributed by atoms with Crippen LogP contribution < -0.4 is 5.32 Å². The topological polar surface area (TPSA) is 24.5 Å². The van der Waals surface area contributed by atoms with E-state index in [2.05, 4.69) is 31.0 Å². The molecule has 1 unspecified atom stereocenters. The van der Waals surface area contributed by atoms with Gasteiger partial charge in [0.25, 0.3) is 0 Å². The Balaban J connectivity index is 2.42. The summed E-state index contributed by atoms with van der Waals surface area (Å²) >= 11 is 0. The van der Waals surface area contributed by atoms with Crippen LogP contribution >= 0.6 is 0 Å². The van der Waals surface area contributed by atoms with E-state index in [-0.39, 0.29) is 5.54 Å². The average molecular weight is 186 g/mol. The summed E-state index contributed by atoms with van der Waals surface area (Å²) in [4.78, 5) is 2.51. The Morgan fingerprint density at radius 2 is 2.15 bits per heavy atom. The van der Waals surface area contributed by atoms with Crippen molar-refractivity contribution in [2.24, 2.45) is 0 Å². The molecule has 3 nitrogen and oxygen atoms in total. The molecule has 0 aliphatic carbocycles. The van der Waals surface area contributed by atoms with Gasteiger partial charge in [0.2, 0.25) is 0 Å². The van der Waals surface area contributed by atoms with Crippen molar-refractivity contribution < 1.29 is 4.74 Å². The fourth-order valence-corrected chi connectivity index (χ4v) is 1.75.